The number of fused-ring (bicyclic) bond motifs is 1. The molecule has 0 unspecified atom stereocenters. The number of ether oxygens (including phenoxy) is 1. The van der Waals surface area contributed by atoms with Gasteiger partial charge in [-0.2, -0.15) is 5.10 Å². The lowest BCUT2D eigenvalue weighted by Crippen LogP contribution is -2.43. The molecule has 3 aliphatic heterocycles. The maximum absolute atomic E-state index is 13.3. The first kappa shape index (κ1) is 24.2. The highest BCUT2D eigenvalue weighted by molar-refractivity contribution is 6.06. The van der Waals surface area contributed by atoms with E-state index in [1.54, 1.807) is 6.20 Å². The van der Waals surface area contributed by atoms with E-state index in [2.05, 4.69) is 53.6 Å². The second kappa shape index (κ2) is 10.7. The molecular weight excluding hydrogens is 480 g/mol. The van der Waals surface area contributed by atoms with Crippen molar-refractivity contribution in [2.45, 2.75) is 0 Å². The summed E-state index contributed by atoms with van der Waals surface area (Å²) in [5, 5.41) is 14.3. The SMILES string of the molecule is CN1CCN(C2=CNC=C(NC(=O)c3n[nH]c4ccc(-c5cncc(N6CCOCC6)c5)cc34)C=C2)CC1. The number of likely N-dealkylation sites (N-methyl/N-ethyl adjacent to an activating group) is 1. The fourth-order valence-electron chi connectivity index (χ4n) is 4.96. The van der Waals surface area contributed by atoms with Gasteiger partial charge in [-0.05, 0) is 43.0 Å². The molecule has 0 saturated carbocycles. The molecule has 10 heteroatoms. The molecule has 6 rings (SSSR count). The summed E-state index contributed by atoms with van der Waals surface area (Å²) in [5.41, 5.74) is 5.96. The van der Waals surface area contributed by atoms with Gasteiger partial charge in [-0.15, -0.1) is 0 Å². The molecule has 2 fully saturated rings. The predicted molar refractivity (Wildman–Crippen MR) is 147 cm³/mol. The van der Waals surface area contributed by atoms with Crippen molar-refractivity contribution < 1.29 is 9.53 Å². The lowest BCUT2D eigenvalue weighted by molar-refractivity contribution is 0.0963. The van der Waals surface area contributed by atoms with E-state index in [1.165, 1.54) is 0 Å². The third-order valence-corrected chi connectivity index (χ3v) is 7.24. The van der Waals surface area contributed by atoms with Gasteiger partial charge < -0.3 is 30.1 Å². The Morgan fingerprint density at radius 1 is 0.947 bits per heavy atom. The number of aromatic nitrogens is 3. The van der Waals surface area contributed by atoms with Crippen LogP contribution in [0.5, 0.6) is 0 Å². The van der Waals surface area contributed by atoms with Crippen LogP contribution in [0.4, 0.5) is 5.69 Å². The number of morpholine rings is 1. The van der Waals surface area contributed by atoms with Gasteiger partial charge in [0, 0.05) is 68.8 Å². The summed E-state index contributed by atoms with van der Waals surface area (Å²) in [5.74, 6) is -0.269. The number of carbonyl (C=O) groups excluding carboxylic acids is 1. The van der Waals surface area contributed by atoms with Crippen molar-refractivity contribution in [1.29, 1.82) is 0 Å². The second-order valence-electron chi connectivity index (χ2n) is 9.78. The average Bonchev–Trinajstić information content (AvgIpc) is 3.25. The van der Waals surface area contributed by atoms with E-state index in [0.29, 0.717) is 11.4 Å². The van der Waals surface area contributed by atoms with E-state index in [-0.39, 0.29) is 5.91 Å². The van der Waals surface area contributed by atoms with E-state index < -0.39 is 0 Å². The minimum Gasteiger partial charge on any atom is -0.378 e. The number of carbonyl (C=O) groups is 1. The van der Waals surface area contributed by atoms with Crippen molar-refractivity contribution in [2.75, 3.05) is 64.4 Å². The van der Waals surface area contributed by atoms with Gasteiger partial charge in [0.1, 0.15) is 0 Å². The maximum atomic E-state index is 13.3. The van der Waals surface area contributed by atoms with Crippen molar-refractivity contribution in [1.82, 2.24) is 35.6 Å². The highest BCUT2D eigenvalue weighted by atomic mass is 16.5. The Morgan fingerprint density at radius 3 is 2.63 bits per heavy atom. The number of hydrogen-bond donors (Lipinski definition) is 3. The number of hydrogen-bond acceptors (Lipinski definition) is 8. The molecule has 0 aliphatic carbocycles. The molecule has 0 bridgehead atoms. The van der Waals surface area contributed by atoms with Crippen LogP contribution >= 0.6 is 0 Å². The Bertz CT molecular complexity index is 1410. The minimum absolute atomic E-state index is 0.269. The second-order valence-corrected chi connectivity index (χ2v) is 9.78. The average molecular weight is 513 g/mol. The monoisotopic (exact) mass is 512 g/mol. The summed E-state index contributed by atoms with van der Waals surface area (Å²) < 4.78 is 5.48. The van der Waals surface area contributed by atoms with E-state index >= 15 is 0 Å². The van der Waals surface area contributed by atoms with Gasteiger partial charge in [0.25, 0.3) is 5.91 Å². The largest absolute Gasteiger partial charge is 0.378 e. The number of nitrogens with zero attached hydrogens (tertiary/aromatic N) is 5. The fraction of sp³-hybridized carbons (Fsp3) is 0.321. The maximum Gasteiger partial charge on any atom is 0.276 e. The van der Waals surface area contributed by atoms with Gasteiger partial charge >= 0.3 is 0 Å². The zero-order chi connectivity index (χ0) is 25.9. The van der Waals surface area contributed by atoms with Gasteiger partial charge in [0.15, 0.2) is 5.69 Å². The Morgan fingerprint density at radius 2 is 1.79 bits per heavy atom. The van der Waals surface area contributed by atoms with Gasteiger partial charge in [-0.25, -0.2) is 0 Å². The predicted octanol–water partition coefficient (Wildman–Crippen LogP) is 2.28. The van der Waals surface area contributed by atoms with Crippen LogP contribution < -0.4 is 15.5 Å². The van der Waals surface area contributed by atoms with Crippen LogP contribution in [0.2, 0.25) is 0 Å². The highest BCUT2D eigenvalue weighted by Crippen LogP contribution is 2.28. The van der Waals surface area contributed by atoms with Crippen LogP contribution in [0.1, 0.15) is 10.5 Å². The summed E-state index contributed by atoms with van der Waals surface area (Å²) in [6.07, 6.45) is 11.5. The van der Waals surface area contributed by atoms with Crippen LogP contribution in [-0.2, 0) is 4.74 Å². The lowest BCUT2D eigenvalue weighted by atomic mass is 10.0. The van der Waals surface area contributed by atoms with Crippen LogP contribution in [0.25, 0.3) is 22.0 Å². The molecule has 5 heterocycles. The van der Waals surface area contributed by atoms with Crippen molar-refractivity contribution in [3.63, 3.8) is 0 Å². The highest BCUT2D eigenvalue weighted by Gasteiger charge is 2.19. The summed E-state index contributed by atoms with van der Waals surface area (Å²) in [4.78, 5) is 24.7. The topological polar surface area (TPSA) is 102 Å². The molecule has 1 aromatic carbocycles. The van der Waals surface area contributed by atoms with Crippen molar-refractivity contribution in [3.8, 4) is 11.1 Å². The quantitative estimate of drug-likeness (QED) is 0.479. The third-order valence-electron chi connectivity index (χ3n) is 7.24. The number of amides is 1. The van der Waals surface area contributed by atoms with Crippen molar-refractivity contribution in [3.05, 3.63) is 78.3 Å². The summed E-state index contributed by atoms with van der Waals surface area (Å²) in [6.45, 7) is 7.15. The first-order chi connectivity index (χ1) is 18.6. The Balaban J connectivity index is 1.18. The molecule has 10 nitrogen and oxygen atoms in total. The van der Waals surface area contributed by atoms with E-state index in [0.717, 1.165) is 85.9 Å². The Hall–Kier alpha value is -4.15. The molecule has 3 aliphatic rings. The molecule has 0 spiro atoms. The van der Waals surface area contributed by atoms with Gasteiger partial charge in [-0.1, -0.05) is 6.07 Å². The molecule has 0 radical (unpaired) electrons. The summed E-state index contributed by atoms with van der Waals surface area (Å²) in [7, 11) is 2.14. The fourth-order valence-corrected chi connectivity index (χ4v) is 4.96. The molecule has 3 aromatic rings. The number of rotatable bonds is 5. The zero-order valence-electron chi connectivity index (χ0n) is 21.5. The van der Waals surface area contributed by atoms with E-state index in [1.807, 2.05) is 48.9 Å². The number of nitrogens with one attached hydrogen (secondary N) is 3. The van der Waals surface area contributed by atoms with Gasteiger partial charge in [-0.3, -0.25) is 14.9 Å². The molecule has 38 heavy (non-hydrogen) atoms. The number of allylic oxidation sites excluding steroid dienone is 2. The number of anilines is 1. The number of piperazine rings is 1. The first-order valence-electron chi connectivity index (χ1n) is 13.0. The summed E-state index contributed by atoms with van der Waals surface area (Å²) >= 11 is 0. The number of pyridine rings is 1. The van der Waals surface area contributed by atoms with Gasteiger partial charge in [0.05, 0.1) is 42.0 Å². The van der Waals surface area contributed by atoms with Crippen molar-refractivity contribution in [2.24, 2.45) is 0 Å². The van der Waals surface area contributed by atoms with E-state index in [4.69, 9.17) is 4.74 Å². The summed E-state index contributed by atoms with van der Waals surface area (Å²) in [6, 6.07) is 8.11. The minimum atomic E-state index is -0.269. The third kappa shape index (κ3) is 5.13. The standard InChI is InChI=1S/C28H32N8O2/c1-34-6-8-35(9-7-34)23-4-3-22(17-30-18-23)31-28(37)27-25-15-20(2-5-26(25)32-33-27)21-14-24(19-29-16-21)36-10-12-38-13-11-36/h2-5,14-19,30H,6-13H2,1H3,(H,31,37)(H,32,33). The Kier molecular flexibility index (Phi) is 6.80. The van der Waals surface area contributed by atoms with Crippen LogP contribution in [0, 0.1) is 0 Å². The van der Waals surface area contributed by atoms with Crippen LogP contribution in [-0.4, -0.2) is 90.4 Å². The van der Waals surface area contributed by atoms with Crippen molar-refractivity contribution >= 4 is 22.5 Å². The molecule has 3 N–H and O–H groups in total. The molecule has 1 amide bonds. The molecule has 196 valence electrons. The van der Waals surface area contributed by atoms with E-state index in [9.17, 15) is 4.79 Å². The molecule has 2 aromatic heterocycles. The normalized spacial score (nSPS) is 18.6. The van der Waals surface area contributed by atoms with Gasteiger partial charge in [0.2, 0.25) is 0 Å². The van der Waals surface area contributed by atoms with Crippen LogP contribution in [0.3, 0.4) is 0 Å². The lowest BCUT2D eigenvalue weighted by Gasteiger charge is -2.34. The Labute approximate surface area is 221 Å². The van der Waals surface area contributed by atoms with Crippen LogP contribution in [0.15, 0.2) is 72.6 Å². The number of benzene rings is 1. The number of H-pyrrole nitrogens is 1. The molecular formula is C28H32N8O2. The molecule has 0 atom stereocenters. The zero-order valence-corrected chi connectivity index (χ0v) is 21.5. The smallest absolute Gasteiger partial charge is 0.276 e. The first-order valence-corrected chi connectivity index (χ1v) is 13.0. The molecule has 2 saturated heterocycles. The number of aromatic amines is 1.